The second-order valence-corrected chi connectivity index (χ2v) is 4.21. The van der Waals surface area contributed by atoms with Crippen LogP contribution in [0.15, 0.2) is 9.98 Å². The molecule has 0 saturated carbocycles. The highest BCUT2D eigenvalue weighted by Crippen LogP contribution is 2.08. The van der Waals surface area contributed by atoms with Crippen molar-refractivity contribution in [3.8, 4) is 0 Å². The van der Waals surface area contributed by atoms with Crippen LogP contribution >= 0.6 is 0 Å². The molecule has 0 saturated heterocycles. The number of nitrogens with zero attached hydrogens (tertiary/aromatic N) is 2. The fraction of sp³-hybridized carbons (Fsp3) is 0.714. The molecule has 0 N–H and O–H groups in total. The Bertz CT molecular complexity index is 224. The van der Waals surface area contributed by atoms with Crippen molar-refractivity contribution in [2.45, 2.75) is 51.4 Å². The minimum Gasteiger partial charge on any atom is -0.297 e. The SMILES string of the molecule is O=CC=NCCCCCCCCCCN=CC=O. The lowest BCUT2D eigenvalue weighted by Gasteiger charge is -2.00. The number of unbranched alkanes of at least 4 members (excludes halogenated alkanes) is 7. The number of carbonyl (C=O) groups is 2. The maximum absolute atomic E-state index is 9.95. The number of hydrogen-bond donors (Lipinski definition) is 0. The molecule has 0 amide bonds. The maximum atomic E-state index is 9.95. The molecule has 0 aliphatic rings. The zero-order chi connectivity index (χ0) is 13.3. The Labute approximate surface area is 110 Å². The summed E-state index contributed by atoms with van der Waals surface area (Å²) in [5.74, 6) is 0. The van der Waals surface area contributed by atoms with Crippen LogP contribution < -0.4 is 0 Å². The van der Waals surface area contributed by atoms with Crippen molar-refractivity contribution in [2.75, 3.05) is 13.1 Å². The summed E-state index contributed by atoms with van der Waals surface area (Å²) in [6, 6.07) is 0. The molecule has 4 heteroatoms. The van der Waals surface area contributed by atoms with E-state index in [-0.39, 0.29) is 0 Å². The average molecular weight is 252 g/mol. The van der Waals surface area contributed by atoms with E-state index in [9.17, 15) is 9.59 Å². The van der Waals surface area contributed by atoms with Crippen LogP contribution in [0.1, 0.15) is 51.4 Å². The van der Waals surface area contributed by atoms with Gasteiger partial charge in [-0.15, -0.1) is 0 Å². The normalized spacial score (nSPS) is 11.3. The molecule has 4 nitrogen and oxygen atoms in total. The summed E-state index contributed by atoms with van der Waals surface area (Å²) in [6.45, 7) is 1.54. The Morgan fingerprint density at radius 3 is 1.22 bits per heavy atom. The molecule has 0 spiro atoms. The Morgan fingerprint density at radius 1 is 0.556 bits per heavy atom. The van der Waals surface area contributed by atoms with E-state index in [1.807, 2.05) is 0 Å². The van der Waals surface area contributed by atoms with Crippen LogP contribution in [-0.4, -0.2) is 38.1 Å². The van der Waals surface area contributed by atoms with Gasteiger partial charge in [0.05, 0.1) is 12.4 Å². The van der Waals surface area contributed by atoms with Crippen LogP contribution in [0.2, 0.25) is 0 Å². The summed E-state index contributed by atoms with van der Waals surface area (Å²) in [4.78, 5) is 27.8. The summed E-state index contributed by atoms with van der Waals surface area (Å²) >= 11 is 0. The summed E-state index contributed by atoms with van der Waals surface area (Å²) in [7, 11) is 0. The highest BCUT2D eigenvalue weighted by atomic mass is 16.1. The first kappa shape index (κ1) is 16.7. The molecule has 0 unspecified atom stereocenters. The van der Waals surface area contributed by atoms with E-state index in [2.05, 4.69) is 9.98 Å². The first-order valence-electron chi connectivity index (χ1n) is 6.79. The second-order valence-electron chi connectivity index (χ2n) is 4.21. The van der Waals surface area contributed by atoms with Gasteiger partial charge in [-0.3, -0.25) is 19.6 Å². The zero-order valence-electron chi connectivity index (χ0n) is 11.1. The van der Waals surface area contributed by atoms with Crippen molar-refractivity contribution >= 4 is 25.0 Å². The molecule has 18 heavy (non-hydrogen) atoms. The molecule has 0 aliphatic heterocycles. The lowest BCUT2D eigenvalue weighted by Crippen LogP contribution is -1.86. The Morgan fingerprint density at radius 2 is 0.889 bits per heavy atom. The summed E-state index contributed by atoms with van der Waals surface area (Å²) in [6.07, 6.45) is 13.7. The van der Waals surface area contributed by atoms with Gasteiger partial charge in [0.25, 0.3) is 0 Å². The van der Waals surface area contributed by atoms with Crippen LogP contribution in [0.25, 0.3) is 0 Å². The van der Waals surface area contributed by atoms with Gasteiger partial charge in [-0.1, -0.05) is 38.5 Å². The van der Waals surface area contributed by atoms with Crippen LogP contribution in [0.4, 0.5) is 0 Å². The fourth-order valence-corrected chi connectivity index (χ4v) is 1.70. The third-order valence-corrected chi connectivity index (χ3v) is 2.66. The number of carbonyl (C=O) groups excluding carboxylic acids is 2. The van der Waals surface area contributed by atoms with Crippen molar-refractivity contribution in [3.63, 3.8) is 0 Å². The van der Waals surface area contributed by atoms with Crippen LogP contribution in [0.3, 0.4) is 0 Å². The van der Waals surface area contributed by atoms with Crippen molar-refractivity contribution in [2.24, 2.45) is 9.98 Å². The highest BCUT2D eigenvalue weighted by molar-refractivity contribution is 6.13. The van der Waals surface area contributed by atoms with Gasteiger partial charge in [-0.2, -0.15) is 0 Å². The average Bonchev–Trinajstić information content (AvgIpc) is 2.39. The van der Waals surface area contributed by atoms with Gasteiger partial charge in [-0.25, -0.2) is 0 Å². The van der Waals surface area contributed by atoms with Gasteiger partial charge >= 0.3 is 0 Å². The third kappa shape index (κ3) is 14.7. The van der Waals surface area contributed by atoms with Gasteiger partial charge in [-0.05, 0) is 12.8 Å². The quantitative estimate of drug-likeness (QED) is 0.287. The highest BCUT2D eigenvalue weighted by Gasteiger charge is 1.91. The molecule has 0 radical (unpaired) electrons. The summed E-state index contributed by atoms with van der Waals surface area (Å²) in [5, 5.41) is 0. The minimum absolute atomic E-state index is 0.721. The molecule has 0 fully saturated rings. The zero-order valence-corrected chi connectivity index (χ0v) is 11.1. The van der Waals surface area contributed by atoms with Gasteiger partial charge in [0, 0.05) is 13.1 Å². The van der Waals surface area contributed by atoms with E-state index < -0.39 is 0 Å². The maximum Gasteiger partial charge on any atom is 0.160 e. The first-order chi connectivity index (χ1) is 8.91. The molecule has 0 aromatic rings. The Hall–Kier alpha value is -1.32. The molecule has 0 aliphatic carbocycles. The Kier molecular flexibility index (Phi) is 14.5. The van der Waals surface area contributed by atoms with E-state index in [4.69, 9.17) is 0 Å². The number of aliphatic imine (C=N–C) groups is 2. The van der Waals surface area contributed by atoms with E-state index >= 15 is 0 Å². The molecule has 0 bridgehead atoms. The van der Waals surface area contributed by atoms with Gasteiger partial charge in [0.15, 0.2) is 12.6 Å². The molecular weight excluding hydrogens is 228 g/mol. The van der Waals surface area contributed by atoms with E-state index in [1.54, 1.807) is 0 Å². The second kappa shape index (κ2) is 15.7. The summed E-state index contributed by atoms with van der Waals surface area (Å²) in [5.41, 5.74) is 0. The van der Waals surface area contributed by atoms with Crippen LogP contribution in [-0.2, 0) is 9.59 Å². The number of aldehydes is 2. The predicted octanol–water partition coefficient (Wildman–Crippen LogP) is 2.65. The van der Waals surface area contributed by atoms with E-state index in [1.165, 1.54) is 51.0 Å². The molecule has 0 heterocycles. The first-order valence-corrected chi connectivity index (χ1v) is 6.79. The van der Waals surface area contributed by atoms with Gasteiger partial charge in [0.2, 0.25) is 0 Å². The molecule has 0 aromatic heterocycles. The van der Waals surface area contributed by atoms with E-state index in [0.717, 1.165) is 38.5 Å². The fourth-order valence-electron chi connectivity index (χ4n) is 1.70. The standard InChI is InChI=1S/C14H24N2O2/c17-13-11-15-9-7-5-3-1-2-4-6-8-10-16-12-14-18/h11-14H,1-10H2. The largest absolute Gasteiger partial charge is 0.297 e. The summed E-state index contributed by atoms with van der Waals surface area (Å²) < 4.78 is 0. The molecule has 102 valence electrons. The topological polar surface area (TPSA) is 58.9 Å². The van der Waals surface area contributed by atoms with Crippen LogP contribution in [0, 0.1) is 0 Å². The van der Waals surface area contributed by atoms with E-state index in [0.29, 0.717) is 0 Å². The lowest BCUT2D eigenvalue weighted by molar-refractivity contribution is -0.103. The third-order valence-electron chi connectivity index (χ3n) is 2.66. The monoisotopic (exact) mass is 252 g/mol. The minimum atomic E-state index is 0.721. The molecular formula is C14H24N2O2. The number of hydrogen-bond acceptors (Lipinski definition) is 4. The van der Waals surface area contributed by atoms with Crippen molar-refractivity contribution < 1.29 is 9.59 Å². The van der Waals surface area contributed by atoms with Gasteiger partial charge < -0.3 is 0 Å². The molecule has 0 atom stereocenters. The lowest BCUT2D eigenvalue weighted by atomic mass is 10.1. The smallest absolute Gasteiger partial charge is 0.160 e. The predicted molar refractivity (Wildman–Crippen MR) is 75.8 cm³/mol. The van der Waals surface area contributed by atoms with Crippen LogP contribution in [0.5, 0.6) is 0 Å². The molecule has 0 aromatic carbocycles. The Balaban J connectivity index is 3.02. The van der Waals surface area contributed by atoms with Crippen molar-refractivity contribution in [1.82, 2.24) is 0 Å². The van der Waals surface area contributed by atoms with Gasteiger partial charge in [0.1, 0.15) is 0 Å². The van der Waals surface area contributed by atoms with Crippen molar-refractivity contribution in [1.29, 1.82) is 0 Å². The van der Waals surface area contributed by atoms with Crippen molar-refractivity contribution in [3.05, 3.63) is 0 Å². The number of rotatable bonds is 13. The molecule has 0 rings (SSSR count).